The number of nitrogens with one attached hydrogen (secondary N) is 1. The normalized spacial score (nSPS) is 15.6. The van der Waals surface area contributed by atoms with E-state index in [4.69, 9.17) is 9.15 Å². The lowest BCUT2D eigenvalue weighted by Crippen LogP contribution is -2.52. The van der Waals surface area contributed by atoms with E-state index in [1.165, 1.54) is 0 Å². The van der Waals surface area contributed by atoms with E-state index in [1.54, 1.807) is 12.0 Å². The molecule has 0 radical (unpaired) electrons. The van der Waals surface area contributed by atoms with Crippen LogP contribution >= 0.6 is 0 Å². The summed E-state index contributed by atoms with van der Waals surface area (Å²) < 4.78 is 10.5. The number of carbonyl (C=O) groups excluding carboxylic acids is 1. The predicted octanol–water partition coefficient (Wildman–Crippen LogP) is 0.671. The summed E-state index contributed by atoms with van der Waals surface area (Å²) in [6.07, 6.45) is 0. The van der Waals surface area contributed by atoms with Crippen LogP contribution in [0.1, 0.15) is 25.7 Å². The molecule has 0 saturated carbocycles. The van der Waals surface area contributed by atoms with Crippen molar-refractivity contribution in [3.05, 3.63) is 5.89 Å². The third-order valence-corrected chi connectivity index (χ3v) is 3.34. The van der Waals surface area contributed by atoms with Crippen molar-refractivity contribution in [2.75, 3.05) is 51.3 Å². The Morgan fingerprint density at radius 1 is 1.33 bits per heavy atom. The summed E-state index contributed by atoms with van der Waals surface area (Å²) in [6, 6.07) is 0.484. The molecule has 2 amide bonds. The zero-order chi connectivity index (χ0) is 15.2. The average molecular weight is 297 g/mol. The topological polar surface area (TPSA) is 83.7 Å². The fourth-order valence-electron chi connectivity index (χ4n) is 2.06. The molecule has 1 aliphatic rings. The summed E-state index contributed by atoms with van der Waals surface area (Å²) in [5.74, 6) is 0.865. The second-order valence-electron chi connectivity index (χ2n) is 5.28. The maximum Gasteiger partial charge on any atom is 0.318 e. The van der Waals surface area contributed by atoms with Crippen molar-refractivity contribution in [3.8, 4) is 0 Å². The van der Waals surface area contributed by atoms with E-state index < -0.39 is 0 Å². The summed E-state index contributed by atoms with van der Waals surface area (Å²) in [6.45, 7) is 7.73. The quantitative estimate of drug-likeness (QED) is 0.804. The van der Waals surface area contributed by atoms with Crippen LogP contribution in [-0.2, 0) is 4.74 Å². The summed E-state index contributed by atoms with van der Waals surface area (Å²) in [5.41, 5.74) is 0. The third kappa shape index (κ3) is 4.07. The molecule has 118 valence electrons. The molecule has 0 unspecified atom stereocenters. The van der Waals surface area contributed by atoms with Crippen LogP contribution in [0.2, 0.25) is 0 Å². The minimum atomic E-state index is -0.0555. The Bertz CT molecular complexity index is 454. The Labute approximate surface area is 124 Å². The first-order valence-corrected chi connectivity index (χ1v) is 7.22. The van der Waals surface area contributed by atoms with Crippen LogP contribution in [0.5, 0.6) is 0 Å². The highest BCUT2D eigenvalue weighted by molar-refractivity contribution is 5.74. The first-order chi connectivity index (χ1) is 10.1. The van der Waals surface area contributed by atoms with Crippen molar-refractivity contribution < 1.29 is 13.9 Å². The number of piperazine rings is 1. The van der Waals surface area contributed by atoms with Crippen LogP contribution in [0.15, 0.2) is 4.42 Å². The Morgan fingerprint density at radius 2 is 2.05 bits per heavy atom. The van der Waals surface area contributed by atoms with Gasteiger partial charge in [0.2, 0.25) is 5.89 Å². The van der Waals surface area contributed by atoms with E-state index in [-0.39, 0.29) is 11.9 Å². The molecule has 21 heavy (non-hydrogen) atoms. The van der Waals surface area contributed by atoms with Gasteiger partial charge in [0.1, 0.15) is 0 Å². The van der Waals surface area contributed by atoms with Crippen molar-refractivity contribution in [2.24, 2.45) is 0 Å². The number of urea groups is 1. The highest BCUT2D eigenvalue weighted by Gasteiger charge is 2.24. The molecule has 2 rings (SSSR count). The summed E-state index contributed by atoms with van der Waals surface area (Å²) in [4.78, 5) is 15.7. The highest BCUT2D eigenvalue weighted by atomic mass is 16.5. The molecule has 1 aromatic heterocycles. The van der Waals surface area contributed by atoms with Gasteiger partial charge in [0.25, 0.3) is 0 Å². The standard InChI is InChI=1S/C13H23N5O3/c1-10(2)11-15-16-13(21-11)18-7-5-17(6-8-18)12(19)14-4-9-20-3/h10H,4-9H2,1-3H3,(H,14,19). The number of carbonyl (C=O) groups is 1. The molecule has 0 spiro atoms. The maximum absolute atomic E-state index is 11.9. The van der Waals surface area contributed by atoms with Gasteiger partial charge in [-0.05, 0) is 0 Å². The maximum atomic E-state index is 11.9. The average Bonchev–Trinajstić information content (AvgIpc) is 2.97. The second-order valence-corrected chi connectivity index (χ2v) is 5.28. The number of anilines is 1. The van der Waals surface area contributed by atoms with E-state index in [2.05, 4.69) is 15.5 Å². The van der Waals surface area contributed by atoms with E-state index in [0.29, 0.717) is 51.2 Å². The van der Waals surface area contributed by atoms with Crippen LogP contribution in [0.25, 0.3) is 0 Å². The summed E-state index contributed by atoms with van der Waals surface area (Å²) in [7, 11) is 1.61. The van der Waals surface area contributed by atoms with Gasteiger partial charge in [-0.2, -0.15) is 0 Å². The van der Waals surface area contributed by atoms with Gasteiger partial charge in [-0.1, -0.05) is 18.9 Å². The lowest BCUT2D eigenvalue weighted by atomic mass is 10.2. The van der Waals surface area contributed by atoms with Crippen LogP contribution < -0.4 is 10.2 Å². The number of amides is 2. The van der Waals surface area contributed by atoms with Crippen LogP contribution in [-0.4, -0.2) is 67.6 Å². The molecular formula is C13H23N5O3. The largest absolute Gasteiger partial charge is 0.408 e. The van der Waals surface area contributed by atoms with Gasteiger partial charge in [0, 0.05) is 45.8 Å². The fourth-order valence-corrected chi connectivity index (χ4v) is 2.06. The monoisotopic (exact) mass is 297 g/mol. The van der Waals surface area contributed by atoms with Gasteiger partial charge in [0.15, 0.2) is 0 Å². The first-order valence-electron chi connectivity index (χ1n) is 7.22. The van der Waals surface area contributed by atoms with Crippen LogP contribution in [0, 0.1) is 0 Å². The first kappa shape index (κ1) is 15.6. The third-order valence-electron chi connectivity index (χ3n) is 3.34. The van der Waals surface area contributed by atoms with E-state index in [1.807, 2.05) is 18.7 Å². The molecule has 0 atom stereocenters. The molecule has 1 fully saturated rings. The van der Waals surface area contributed by atoms with Gasteiger partial charge in [-0.3, -0.25) is 0 Å². The van der Waals surface area contributed by atoms with E-state index in [0.717, 1.165) is 0 Å². The predicted molar refractivity (Wildman–Crippen MR) is 77.4 cm³/mol. The van der Waals surface area contributed by atoms with Gasteiger partial charge in [-0.25, -0.2) is 4.79 Å². The zero-order valence-electron chi connectivity index (χ0n) is 12.8. The Balaban J connectivity index is 1.80. The van der Waals surface area contributed by atoms with Crippen molar-refractivity contribution in [2.45, 2.75) is 19.8 Å². The Hall–Kier alpha value is -1.83. The Morgan fingerprint density at radius 3 is 2.62 bits per heavy atom. The number of aromatic nitrogens is 2. The molecule has 0 aliphatic carbocycles. The lowest BCUT2D eigenvalue weighted by molar-refractivity contribution is 0.177. The second kappa shape index (κ2) is 7.26. The van der Waals surface area contributed by atoms with Gasteiger partial charge < -0.3 is 24.3 Å². The van der Waals surface area contributed by atoms with Gasteiger partial charge in [0.05, 0.1) is 6.61 Å². The number of methoxy groups -OCH3 is 1. The van der Waals surface area contributed by atoms with E-state index in [9.17, 15) is 4.79 Å². The summed E-state index contributed by atoms with van der Waals surface area (Å²) >= 11 is 0. The summed E-state index contributed by atoms with van der Waals surface area (Å²) in [5, 5.41) is 10.9. The fraction of sp³-hybridized carbons (Fsp3) is 0.769. The SMILES string of the molecule is COCCNC(=O)N1CCN(c2nnc(C(C)C)o2)CC1. The number of rotatable bonds is 5. The molecule has 1 aliphatic heterocycles. The van der Waals surface area contributed by atoms with Gasteiger partial charge >= 0.3 is 12.0 Å². The molecule has 0 aromatic carbocycles. The highest BCUT2D eigenvalue weighted by Crippen LogP contribution is 2.19. The van der Waals surface area contributed by atoms with E-state index >= 15 is 0 Å². The van der Waals surface area contributed by atoms with Crippen molar-refractivity contribution in [3.63, 3.8) is 0 Å². The molecule has 1 N–H and O–H groups in total. The van der Waals surface area contributed by atoms with Crippen molar-refractivity contribution >= 4 is 12.0 Å². The molecule has 8 nitrogen and oxygen atoms in total. The zero-order valence-corrected chi connectivity index (χ0v) is 12.8. The molecule has 2 heterocycles. The van der Waals surface area contributed by atoms with Gasteiger partial charge in [-0.15, -0.1) is 5.10 Å². The number of hydrogen-bond donors (Lipinski definition) is 1. The molecule has 8 heteroatoms. The van der Waals surface area contributed by atoms with Crippen molar-refractivity contribution in [1.29, 1.82) is 0 Å². The number of nitrogens with zero attached hydrogens (tertiary/aromatic N) is 4. The molecular weight excluding hydrogens is 274 g/mol. The number of ether oxygens (including phenoxy) is 1. The Kier molecular flexibility index (Phi) is 5.38. The molecule has 1 aromatic rings. The molecule has 1 saturated heterocycles. The number of hydrogen-bond acceptors (Lipinski definition) is 6. The van der Waals surface area contributed by atoms with Crippen LogP contribution in [0.4, 0.5) is 10.8 Å². The lowest BCUT2D eigenvalue weighted by Gasteiger charge is -2.33. The smallest absolute Gasteiger partial charge is 0.318 e. The van der Waals surface area contributed by atoms with Crippen LogP contribution in [0.3, 0.4) is 0 Å². The molecule has 0 bridgehead atoms. The van der Waals surface area contributed by atoms with Crippen molar-refractivity contribution in [1.82, 2.24) is 20.4 Å². The minimum absolute atomic E-state index is 0.0555. The minimum Gasteiger partial charge on any atom is -0.408 e.